The molecule has 0 bridgehead atoms. The van der Waals surface area contributed by atoms with Gasteiger partial charge >= 0.3 is 0 Å². The fourth-order valence-corrected chi connectivity index (χ4v) is 1.02. The van der Waals surface area contributed by atoms with Gasteiger partial charge in [0.1, 0.15) is 0 Å². The second-order valence-corrected chi connectivity index (χ2v) is 4.44. The molecule has 0 aliphatic heterocycles. The van der Waals surface area contributed by atoms with E-state index in [-0.39, 0.29) is 17.4 Å². The Bertz CT molecular complexity index is 221. The fraction of sp³-hybridized carbons (Fsp3) is 0.800. The lowest BCUT2D eigenvalue weighted by Crippen LogP contribution is -2.42. The lowest BCUT2D eigenvalue weighted by atomic mass is 10.1. The Hall–Kier alpha value is -1.10. The maximum atomic E-state index is 11.3. The zero-order valence-electron chi connectivity index (χ0n) is 9.72. The average Bonchev–Trinajstić information content (AvgIpc) is 2.00. The lowest BCUT2D eigenvalue weighted by Gasteiger charge is -2.20. The van der Waals surface area contributed by atoms with Crippen molar-refractivity contribution in [3.05, 3.63) is 0 Å². The molecule has 0 atom stereocenters. The SMILES string of the molecule is CC(C)(C)NC(=O)CCNC(=O)CCN. The van der Waals surface area contributed by atoms with Crippen LogP contribution in [0.1, 0.15) is 33.6 Å². The van der Waals surface area contributed by atoms with Gasteiger partial charge in [0, 0.05) is 31.5 Å². The predicted octanol–water partition coefficient (Wildman–Crippen LogP) is -0.244. The minimum absolute atomic E-state index is 0.0597. The number of amides is 2. The topological polar surface area (TPSA) is 84.2 Å². The molecule has 0 fully saturated rings. The van der Waals surface area contributed by atoms with E-state index in [1.165, 1.54) is 0 Å². The van der Waals surface area contributed by atoms with Crippen LogP contribution in [0, 0.1) is 0 Å². The van der Waals surface area contributed by atoms with E-state index < -0.39 is 0 Å². The van der Waals surface area contributed by atoms with E-state index in [4.69, 9.17) is 5.73 Å². The van der Waals surface area contributed by atoms with Crippen molar-refractivity contribution in [2.45, 2.75) is 39.2 Å². The first-order valence-corrected chi connectivity index (χ1v) is 5.13. The number of hydrogen-bond donors (Lipinski definition) is 3. The molecule has 0 aromatic rings. The number of rotatable bonds is 5. The number of nitrogens with one attached hydrogen (secondary N) is 2. The highest BCUT2D eigenvalue weighted by atomic mass is 16.2. The van der Waals surface area contributed by atoms with Gasteiger partial charge in [-0.2, -0.15) is 0 Å². The second-order valence-electron chi connectivity index (χ2n) is 4.44. The molecule has 0 saturated carbocycles. The average molecular weight is 215 g/mol. The largest absolute Gasteiger partial charge is 0.356 e. The number of carbonyl (C=O) groups is 2. The summed E-state index contributed by atoms with van der Waals surface area (Å²) in [6.07, 6.45) is 0.606. The van der Waals surface area contributed by atoms with Crippen LogP contribution in [0.25, 0.3) is 0 Å². The van der Waals surface area contributed by atoms with Gasteiger partial charge in [-0.3, -0.25) is 9.59 Å². The van der Waals surface area contributed by atoms with Gasteiger partial charge < -0.3 is 16.4 Å². The van der Waals surface area contributed by atoms with Gasteiger partial charge in [0.05, 0.1) is 0 Å². The van der Waals surface area contributed by atoms with Gasteiger partial charge in [0.15, 0.2) is 0 Å². The zero-order chi connectivity index (χ0) is 11.9. The van der Waals surface area contributed by atoms with Crippen molar-refractivity contribution >= 4 is 11.8 Å². The van der Waals surface area contributed by atoms with Crippen molar-refractivity contribution in [2.24, 2.45) is 5.73 Å². The fourth-order valence-electron chi connectivity index (χ4n) is 1.02. The highest BCUT2D eigenvalue weighted by Gasteiger charge is 2.13. The van der Waals surface area contributed by atoms with Gasteiger partial charge in [-0.25, -0.2) is 0 Å². The van der Waals surface area contributed by atoms with Crippen LogP contribution in [0.2, 0.25) is 0 Å². The van der Waals surface area contributed by atoms with Crippen LogP contribution in [0.15, 0.2) is 0 Å². The van der Waals surface area contributed by atoms with Crippen LogP contribution in [0.3, 0.4) is 0 Å². The van der Waals surface area contributed by atoms with E-state index in [0.717, 1.165) is 0 Å². The van der Waals surface area contributed by atoms with E-state index in [1.54, 1.807) is 0 Å². The molecule has 4 N–H and O–H groups in total. The van der Waals surface area contributed by atoms with E-state index in [1.807, 2.05) is 20.8 Å². The second kappa shape index (κ2) is 6.40. The molecule has 5 heteroatoms. The van der Waals surface area contributed by atoms with Crippen molar-refractivity contribution in [1.29, 1.82) is 0 Å². The summed E-state index contributed by atoms with van der Waals surface area (Å²) in [4.78, 5) is 22.3. The molecule has 0 aliphatic rings. The smallest absolute Gasteiger partial charge is 0.222 e. The predicted molar refractivity (Wildman–Crippen MR) is 59.2 cm³/mol. The summed E-state index contributed by atoms with van der Waals surface area (Å²) in [6, 6.07) is 0. The molecular formula is C10H21N3O2. The van der Waals surface area contributed by atoms with E-state index in [2.05, 4.69) is 10.6 Å². The maximum Gasteiger partial charge on any atom is 0.222 e. The number of nitrogens with two attached hydrogens (primary N) is 1. The lowest BCUT2D eigenvalue weighted by molar-refractivity contribution is -0.123. The molecular weight excluding hydrogens is 194 g/mol. The van der Waals surface area contributed by atoms with E-state index in [9.17, 15) is 9.59 Å². The normalized spacial score (nSPS) is 10.9. The third-order valence-corrected chi connectivity index (χ3v) is 1.56. The summed E-state index contributed by atoms with van der Waals surface area (Å²) in [7, 11) is 0. The molecule has 0 aliphatic carbocycles. The van der Waals surface area contributed by atoms with Gasteiger partial charge in [0.2, 0.25) is 11.8 Å². The molecule has 0 heterocycles. The van der Waals surface area contributed by atoms with Crippen molar-refractivity contribution in [3.8, 4) is 0 Å². The van der Waals surface area contributed by atoms with Gasteiger partial charge in [-0.1, -0.05) is 0 Å². The van der Waals surface area contributed by atoms with Crippen LogP contribution in [-0.4, -0.2) is 30.4 Å². The quantitative estimate of drug-likeness (QED) is 0.591. The Labute approximate surface area is 90.8 Å². The summed E-state index contributed by atoms with van der Waals surface area (Å²) in [5.41, 5.74) is 4.98. The van der Waals surface area contributed by atoms with Crippen molar-refractivity contribution < 1.29 is 9.59 Å². The zero-order valence-corrected chi connectivity index (χ0v) is 9.72. The molecule has 0 rings (SSSR count). The minimum atomic E-state index is -0.224. The standard InChI is InChI=1S/C10H21N3O2/c1-10(2,3)13-9(15)5-7-12-8(14)4-6-11/h4-7,11H2,1-3H3,(H,12,14)(H,13,15). The molecule has 88 valence electrons. The molecule has 0 saturated heterocycles. The van der Waals surface area contributed by atoms with E-state index >= 15 is 0 Å². The summed E-state index contributed by atoms with van der Waals surface area (Å²) < 4.78 is 0. The first-order valence-electron chi connectivity index (χ1n) is 5.13. The summed E-state index contributed by atoms with van der Waals surface area (Å²) in [5, 5.41) is 5.43. The summed E-state index contributed by atoms with van der Waals surface area (Å²) in [6.45, 7) is 6.44. The molecule has 0 radical (unpaired) electrons. The Morgan fingerprint density at radius 2 is 1.73 bits per heavy atom. The Morgan fingerprint density at radius 1 is 1.13 bits per heavy atom. The van der Waals surface area contributed by atoms with Gasteiger partial charge in [-0.05, 0) is 20.8 Å². The molecule has 15 heavy (non-hydrogen) atoms. The number of carbonyl (C=O) groups excluding carboxylic acids is 2. The molecule has 0 aromatic carbocycles. The van der Waals surface area contributed by atoms with Crippen molar-refractivity contribution in [3.63, 3.8) is 0 Å². The van der Waals surface area contributed by atoms with Crippen LogP contribution in [-0.2, 0) is 9.59 Å². The Kier molecular flexibility index (Phi) is 5.93. The van der Waals surface area contributed by atoms with Gasteiger partial charge in [0.25, 0.3) is 0 Å². The van der Waals surface area contributed by atoms with Crippen LogP contribution < -0.4 is 16.4 Å². The van der Waals surface area contributed by atoms with Crippen LogP contribution in [0.5, 0.6) is 0 Å². The molecule has 5 nitrogen and oxygen atoms in total. The third kappa shape index (κ3) is 9.21. The molecule has 0 spiro atoms. The highest BCUT2D eigenvalue weighted by Crippen LogP contribution is 1.98. The van der Waals surface area contributed by atoms with Crippen LogP contribution >= 0.6 is 0 Å². The Morgan fingerprint density at radius 3 is 2.20 bits per heavy atom. The minimum Gasteiger partial charge on any atom is -0.356 e. The first kappa shape index (κ1) is 13.9. The molecule has 0 aromatic heterocycles. The Balaban J connectivity index is 3.60. The third-order valence-electron chi connectivity index (χ3n) is 1.56. The van der Waals surface area contributed by atoms with Crippen molar-refractivity contribution in [2.75, 3.05) is 13.1 Å². The van der Waals surface area contributed by atoms with Gasteiger partial charge in [-0.15, -0.1) is 0 Å². The monoisotopic (exact) mass is 215 g/mol. The molecule has 0 unspecified atom stereocenters. The summed E-state index contributed by atoms with van der Waals surface area (Å²) in [5.74, 6) is -0.170. The summed E-state index contributed by atoms with van der Waals surface area (Å²) >= 11 is 0. The van der Waals surface area contributed by atoms with Crippen molar-refractivity contribution in [1.82, 2.24) is 10.6 Å². The maximum absolute atomic E-state index is 11.3. The molecule has 2 amide bonds. The van der Waals surface area contributed by atoms with Crippen LogP contribution in [0.4, 0.5) is 0 Å². The highest BCUT2D eigenvalue weighted by molar-refractivity contribution is 5.79. The van der Waals surface area contributed by atoms with E-state index in [0.29, 0.717) is 25.9 Å². The number of hydrogen-bond acceptors (Lipinski definition) is 3. The first-order chi connectivity index (χ1) is 6.85.